The van der Waals surface area contributed by atoms with E-state index >= 15 is 0 Å². The summed E-state index contributed by atoms with van der Waals surface area (Å²) >= 11 is 12.7. The average molecular weight is 678 g/mol. The highest BCUT2D eigenvalue weighted by atomic mass is 35.5. The largest absolute Gasteiger partial charge is 0.462 e. The summed E-state index contributed by atoms with van der Waals surface area (Å²) in [7, 11) is -7.40. The zero-order valence-corrected chi connectivity index (χ0v) is 26.0. The van der Waals surface area contributed by atoms with Crippen LogP contribution in [-0.4, -0.2) is 108 Å². The van der Waals surface area contributed by atoms with Crippen molar-refractivity contribution >= 4 is 55.2 Å². The van der Waals surface area contributed by atoms with Gasteiger partial charge in [-0.15, -0.1) is 23.2 Å². The van der Waals surface area contributed by atoms with Gasteiger partial charge in [0.1, 0.15) is 4.33 Å². The molecule has 2 atom stereocenters. The summed E-state index contributed by atoms with van der Waals surface area (Å²) in [5.41, 5.74) is 0.303. The Morgan fingerprint density at radius 3 is 1.33 bits per heavy atom. The SMILES string of the molecule is O=C(OC[C@H]1[C@H](COC(=O)c2ccc(S(=O)(=O)N3CCOCC3)cc2)C1(Cl)Cl)c1ccc(S(=O)(=O)N2CCOCC2)cc1. The van der Waals surface area contributed by atoms with Gasteiger partial charge in [0, 0.05) is 38.0 Å². The standard InChI is InChI=1S/C27H30Cl2N2O10S2/c28-27(29)23(17-40-25(32)19-1-5-21(6-2-19)42(34,35)30-9-13-38-14-10-30)24(27)18-41-26(33)20-3-7-22(8-4-20)43(36,37)31-11-15-39-16-12-31/h1-8,23-24H,9-18H2/t23-,24-/m0/s1. The highest BCUT2D eigenvalue weighted by Crippen LogP contribution is 2.59. The molecule has 2 heterocycles. The normalized spacial score (nSPS) is 22.9. The molecule has 0 bridgehead atoms. The van der Waals surface area contributed by atoms with Crippen LogP contribution in [0.15, 0.2) is 58.3 Å². The van der Waals surface area contributed by atoms with Crippen LogP contribution in [0.1, 0.15) is 20.7 Å². The maximum Gasteiger partial charge on any atom is 0.338 e. The maximum atomic E-state index is 12.8. The maximum absolute atomic E-state index is 12.8. The number of morpholine rings is 2. The number of alkyl halides is 2. The molecule has 1 aliphatic carbocycles. The molecule has 3 aliphatic rings. The Labute approximate surface area is 259 Å². The van der Waals surface area contributed by atoms with Crippen molar-refractivity contribution in [2.75, 3.05) is 65.8 Å². The van der Waals surface area contributed by atoms with Crippen LogP contribution in [0.25, 0.3) is 0 Å². The summed E-state index contributed by atoms with van der Waals surface area (Å²) in [5, 5.41) is 0. The molecule has 0 unspecified atom stereocenters. The summed E-state index contributed by atoms with van der Waals surface area (Å²) in [6.45, 7) is 2.04. The molecule has 0 amide bonds. The Morgan fingerprint density at radius 2 is 1.00 bits per heavy atom. The number of hydrogen-bond acceptors (Lipinski definition) is 10. The van der Waals surface area contributed by atoms with Crippen molar-refractivity contribution in [1.82, 2.24) is 8.61 Å². The minimum Gasteiger partial charge on any atom is -0.462 e. The molecule has 2 aromatic rings. The molecule has 0 N–H and O–H groups in total. The van der Waals surface area contributed by atoms with E-state index in [-0.39, 0.29) is 60.3 Å². The molecule has 5 rings (SSSR count). The van der Waals surface area contributed by atoms with Gasteiger partial charge in [0.25, 0.3) is 0 Å². The third kappa shape index (κ3) is 7.01. The number of sulfonamides is 2. The van der Waals surface area contributed by atoms with Gasteiger partial charge in [-0.2, -0.15) is 8.61 Å². The second-order valence-electron chi connectivity index (χ2n) is 10.2. The lowest BCUT2D eigenvalue weighted by molar-refractivity contribution is 0.0419. The minimum atomic E-state index is -3.70. The summed E-state index contributed by atoms with van der Waals surface area (Å²) in [4.78, 5) is 25.3. The zero-order chi connectivity index (χ0) is 30.8. The van der Waals surface area contributed by atoms with Crippen LogP contribution >= 0.6 is 23.2 Å². The van der Waals surface area contributed by atoms with Gasteiger partial charge >= 0.3 is 11.9 Å². The van der Waals surface area contributed by atoms with Gasteiger partial charge in [-0.05, 0) is 48.5 Å². The van der Waals surface area contributed by atoms with E-state index in [1.54, 1.807) is 0 Å². The fraction of sp³-hybridized carbons (Fsp3) is 0.481. The molecule has 0 spiro atoms. The quantitative estimate of drug-likeness (QED) is 0.271. The minimum absolute atomic E-state index is 0.0592. The lowest BCUT2D eigenvalue weighted by Crippen LogP contribution is -2.40. The number of rotatable bonds is 10. The van der Waals surface area contributed by atoms with Crippen LogP contribution < -0.4 is 0 Å². The molecule has 43 heavy (non-hydrogen) atoms. The second-order valence-corrected chi connectivity index (χ2v) is 15.5. The first-order chi connectivity index (χ1) is 20.4. The Morgan fingerprint density at radius 1 is 0.674 bits per heavy atom. The Hall–Kier alpha value is -2.30. The molecular weight excluding hydrogens is 647 g/mol. The van der Waals surface area contributed by atoms with Gasteiger partial charge in [-0.1, -0.05) is 0 Å². The molecule has 3 fully saturated rings. The zero-order valence-electron chi connectivity index (χ0n) is 22.9. The third-order valence-electron chi connectivity index (χ3n) is 7.55. The van der Waals surface area contributed by atoms with Gasteiger partial charge in [-0.3, -0.25) is 0 Å². The Balaban J connectivity index is 1.10. The van der Waals surface area contributed by atoms with Crippen LogP contribution in [0.5, 0.6) is 0 Å². The molecule has 2 aliphatic heterocycles. The first-order valence-corrected chi connectivity index (χ1v) is 17.1. The highest BCUT2D eigenvalue weighted by Gasteiger charge is 2.64. The van der Waals surface area contributed by atoms with E-state index in [2.05, 4.69) is 0 Å². The van der Waals surface area contributed by atoms with Crippen LogP contribution in [0.3, 0.4) is 0 Å². The van der Waals surface area contributed by atoms with Crippen molar-refractivity contribution in [2.45, 2.75) is 14.1 Å². The third-order valence-corrected chi connectivity index (χ3v) is 12.5. The van der Waals surface area contributed by atoms with Crippen molar-refractivity contribution < 1.29 is 45.4 Å². The number of benzene rings is 2. The number of carbonyl (C=O) groups excluding carboxylic acids is 2. The smallest absolute Gasteiger partial charge is 0.338 e. The van der Waals surface area contributed by atoms with E-state index in [0.29, 0.717) is 26.4 Å². The van der Waals surface area contributed by atoms with Crippen LogP contribution in [0.2, 0.25) is 0 Å². The topological polar surface area (TPSA) is 146 Å². The second kappa shape index (κ2) is 13.0. The van der Waals surface area contributed by atoms with Gasteiger partial charge < -0.3 is 18.9 Å². The number of nitrogens with zero attached hydrogens (tertiary/aromatic N) is 2. The average Bonchev–Trinajstić information content (AvgIpc) is 3.57. The van der Waals surface area contributed by atoms with Crippen molar-refractivity contribution in [3.8, 4) is 0 Å². The van der Waals surface area contributed by atoms with E-state index in [1.807, 2.05) is 0 Å². The van der Waals surface area contributed by atoms with Crippen molar-refractivity contribution in [1.29, 1.82) is 0 Å². The van der Waals surface area contributed by atoms with E-state index in [4.69, 9.17) is 42.1 Å². The van der Waals surface area contributed by atoms with E-state index < -0.39 is 48.2 Å². The first-order valence-electron chi connectivity index (χ1n) is 13.5. The molecule has 0 aromatic heterocycles. The fourth-order valence-corrected chi connectivity index (χ4v) is 8.36. The molecular formula is C27H30Cl2N2O10S2. The summed E-state index contributed by atoms with van der Waals surface area (Å²) in [6.07, 6.45) is 0. The summed E-state index contributed by atoms with van der Waals surface area (Å²) in [5.74, 6) is -2.38. The van der Waals surface area contributed by atoms with E-state index in [9.17, 15) is 26.4 Å². The number of halogens is 2. The van der Waals surface area contributed by atoms with Gasteiger partial charge in [0.2, 0.25) is 20.0 Å². The van der Waals surface area contributed by atoms with Crippen LogP contribution in [-0.2, 0) is 39.0 Å². The van der Waals surface area contributed by atoms with Crippen LogP contribution in [0, 0.1) is 11.8 Å². The lowest BCUT2D eigenvalue weighted by atomic mass is 10.2. The highest BCUT2D eigenvalue weighted by molar-refractivity contribution is 7.89. The first kappa shape index (κ1) is 32.1. The fourth-order valence-electron chi connectivity index (χ4n) is 4.81. The molecule has 1 saturated carbocycles. The Kier molecular flexibility index (Phi) is 9.69. The molecule has 0 radical (unpaired) electrons. The van der Waals surface area contributed by atoms with Crippen molar-refractivity contribution in [3.05, 3.63) is 59.7 Å². The molecule has 16 heteroatoms. The van der Waals surface area contributed by atoms with E-state index in [0.717, 1.165) is 0 Å². The molecule has 12 nitrogen and oxygen atoms in total. The van der Waals surface area contributed by atoms with Crippen molar-refractivity contribution in [2.24, 2.45) is 11.8 Å². The molecule has 234 valence electrons. The number of carbonyl (C=O) groups is 2. The lowest BCUT2D eigenvalue weighted by Gasteiger charge is -2.26. The molecule has 2 saturated heterocycles. The van der Waals surface area contributed by atoms with Gasteiger partial charge in [-0.25, -0.2) is 26.4 Å². The number of hydrogen-bond donors (Lipinski definition) is 0. The summed E-state index contributed by atoms with van der Waals surface area (Å²) in [6, 6.07) is 10.9. The van der Waals surface area contributed by atoms with Crippen LogP contribution in [0.4, 0.5) is 0 Å². The predicted molar refractivity (Wildman–Crippen MR) is 154 cm³/mol. The molecule has 2 aromatic carbocycles. The van der Waals surface area contributed by atoms with E-state index in [1.165, 1.54) is 57.1 Å². The number of ether oxygens (including phenoxy) is 4. The predicted octanol–water partition coefficient (Wildman–Crippen LogP) is 2.16. The van der Waals surface area contributed by atoms with Crippen molar-refractivity contribution in [3.63, 3.8) is 0 Å². The number of esters is 2. The monoisotopic (exact) mass is 676 g/mol. The van der Waals surface area contributed by atoms with Gasteiger partial charge in [0.05, 0.1) is 60.6 Å². The Bertz CT molecular complexity index is 1420. The summed E-state index contributed by atoms with van der Waals surface area (Å²) < 4.78 is 73.6. The van der Waals surface area contributed by atoms with Gasteiger partial charge in [0.15, 0.2) is 0 Å².